The van der Waals surface area contributed by atoms with Gasteiger partial charge in [0.2, 0.25) is 5.91 Å². The molecule has 2 N–H and O–H groups in total. The Hall–Kier alpha value is -4.68. The number of rotatable bonds is 12. The molecule has 234 valence electrons. The highest BCUT2D eigenvalue weighted by Crippen LogP contribution is 2.36. The van der Waals surface area contributed by atoms with Crippen LogP contribution in [0, 0.1) is 0 Å². The van der Waals surface area contributed by atoms with Crippen molar-refractivity contribution in [1.29, 1.82) is 0 Å². The molecule has 0 aliphatic rings. The van der Waals surface area contributed by atoms with Gasteiger partial charge in [-0.15, -0.1) is 0 Å². The van der Waals surface area contributed by atoms with Crippen molar-refractivity contribution in [3.63, 3.8) is 0 Å². The summed E-state index contributed by atoms with van der Waals surface area (Å²) in [6.45, 7) is 5.23. The van der Waals surface area contributed by atoms with Crippen molar-refractivity contribution in [1.82, 2.24) is 10.6 Å². The Morgan fingerprint density at radius 2 is 1.16 bits per heavy atom. The van der Waals surface area contributed by atoms with Crippen LogP contribution in [0.3, 0.4) is 0 Å². The summed E-state index contributed by atoms with van der Waals surface area (Å²) in [5.74, 6) is -0.451. The largest absolute Gasteiger partial charge is 0.467 e. The van der Waals surface area contributed by atoms with Gasteiger partial charge in [-0.05, 0) is 44.0 Å². The summed E-state index contributed by atoms with van der Waals surface area (Å²) in [6.07, 6.45) is -0.345. The first-order valence-electron chi connectivity index (χ1n) is 14.7. The molecule has 0 saturated heterocycles. The standard InChI is InChI=1S/C36H39N2O6P/c1-36(2,3)43-35(41)38-31(24-26-14-8-5-9-15-26)33(39)37-32(34(40)42-4)25-27-20-22-28(23-21-27)44-45(29-16-10-6-11-17-29)30-18-12-7-13-19-30/h5-23,31-32H,24-25H2,1-4H3,(H,37,39)(H,38,41)/t31-,32-/m0/s1. The average molecular weight is 627 g/mol. The van der Waals surface area contributed by atoms with E-state index in [-0.39, 0.29) is 12.8 Å². The van der Waals surface area contributed by atoms with E-state index in [0.29, 0.717) is 5.75 Å². The van der Waals surface area contributed by atoms with E-state index in [1.165, 1.54) is 7.11 Å². The second kappa shape index (κ2) is 15.9. The Morgan fingerprint density at radius 3 is 1.67 bits per heavy atom. The topological polar surface area (TPSA) is 103 Å². The van der Waals surface area contributed by atoms with Crippen molar-refractivity contribution < 1.29 is 28.4 Å². The van der Waals surface area contributed by atoms with Crippen molar-refractivity contribution in [2.75, 3.05) is 7.11 Å². The summed E-state index contributed by atoms with van der Waals surface area (Å²) in [5, 5.41) is 7.61. The molecule has 4 rings (SSSR count). The summed E-state index contributed by atoms with van der Waals surface area (Å²) >= 11 is 0. The van der Waals surface area contributed by atoms with Crippen LogP contribution in [0.25, 0.3) is 0 Å². The van der Waals surface area contributed by atoms with Gasteiger partial charge in [0.1, 0.15) is 23.4 Å². The number of hydrogen-bond acceptors (Lipinski definition) is 6. The number of benzene rings is 4. The monoisotopic (exact) mass is 626 g/mol. The zero-order valence-electron chi connectivity index (χ0n) is 25.9. The molecule has 0 unspecified atom stereocenters. The van der Waals surface area contributed by atoms with Crippen molar-refractivity contribution >= 4 is 36.7 Å². The first-order valence-corrected chi connectivity index (χ1v) is 16.0. The van der Waals surface area contributed by atoms with Gasteiger partial charge in [0.25, 0.3) is 0 Å². The molecule has 0 aliphatic carbocycles. The van der Waals surface area contributed by atoms with E-state index in [0.717, 1.165) is 21.7 Å². The summed E-state index contributed by atoms with van der Waals surface area (Å²) in [4.78, 5) is 38.9. The summed E-state index contributed by atoms with van der Waals surface area (Å²) in [6, 6.07) is 34.9. The first kappa shape index (κ1) is 33.2. The van der Waals surface area contributed by atoms with Gasteiger partial charge in [-0.3, -0.25) is 4.79 Å². The van der Waals surface area contributed by atoms with Crippen LogP contribution >= 0.6 is 8.15 Å². The number of esters is 1. The van der Waals surface area contributed by atoms with Crippen molar-refractivity contribution in [3.8, 4) is 5.75 Å². The van der Waals surface area contributed by atoms with Crippen LogP contribution in [0.1, 0.15) is 31.9 Å². The van der Waals surface area contributed by atoms with E-state index in [4.69, 9.17) is 14.0 Å². The van der Waals surface area contributed by atoms with Crippen LogP contribution in [0.4, 0.5) is 4.79 Å². The van der Waals surface area contributed by atoms with E-state index in [1.54, 1.807) is 20.8 Å². The molecule has 0 saturated carbocycles. The third-order valence-electron chi connectivity index (χ3n) is 6.63. The van der Waals surface area contributed by atoms with Gasteiger partial charge in [-0.25, -0.2) is 9.59 Å². The quantitative estimate of drug-likeness (QED) is 0.160. The maximum Gasteiger partial charge on any atom is 0.408 e. The van der Waals surface area contributed by atoms with Gasteiger partial charge >= 0.3 is 12.1 Å². The molecule has 0 bridgehead atoms. The number of alkyl carbamates (subject to hydrolysis) is 1. The van der Waals surface area contributed by atoms with Crippen LogP contribution in [0.5, 0.6) is 5.75 Å². The maximum absolute atomic E-state index is 13.5. The number of ether oxygens (including phenoxy) is 2. The van der Waals surface area contributed by atoms with Crippen LogP contribution in [-0.4, -0.2) is 42.8 Å². The number of amides is 2. The minimum Gasteiger partial charge on any atom is -0.467 e. The van der Waals surface area contributed by atoms with Crippen molar-refractivity contribution in [2.45, 2.75) is 51.3 Å². The SMILES string of the molecule is COC(=O)[C@H](Cc1ccc(OP(c2ccccc2)c2ccccc2)cc1)NC(=O)[C@H](Cc1ccccc1)NC(=O)OC(C)(C)C. The predicted molar refractivity (Wildman–Crippen MR) is 177 cm³/mol. The highest BCUT2D eigenvalue weighted by molar-refractivity contribution is 7.68. The van der Waals surface area contributed by atoms with E-state index in [1.807, 2.05) is 91.0 Å². The Kier molecular flexibility index (Phi) is 11.7. The fourth-order valence-corrected chi connectivity index (χ4v) is 6.25. The molecule has 0 radical (unpaired) electrons. The lowest BCUT2D eigenvalue weighted by Crippen LogP contribution is -2.53. The fourth-order valence-electron chi connectivity index (χ4n) is 4.53. The van der Waals surface area contributed by atoms with Crippen LogP contribution in [0.15, 0.2) is 115 Å². The van der Waals surface area contributed by atoms with Crippen molar-refractivity contribution in [2.24, 2.45) is 0 Å². The zero-order chi connectivity index (χ0) is 32.2. The zero-order valence-corrected chi connectivity index (χ0v) is 26.8. The third kappa shape index (κ3) is 10.5. The molecular formula is C36H39N2O6P. The van der Waals surface area contributed by atoms with Gasteiger partial charge in [-0.1, -0.05) is 103 Å². The summed E-state index contributed by atoms with van der Waals surface area (Å²) < 4.78 is 16.9. The maximum atomic E-state index is 13.5. The molecular weight excluding hydrogens is 587 g/mol. The number of nitrogens with one attached hydrogen (secondary N) is 2. The number of carbonyl (C=O) groups excluding carboxylic acids is 3. The smallest absolute Gasteiger partial charge is 0.408 e. The van der Waals surface area contributed by atoms with Crippen LogP contribution in [0.2, 0.25) is 0 Å². The number of hydrogen-bond donors (Lipinski definition) is 2. The highest BCUT2D eigenvalue weighted by Gasteiger charge is 2.29. The Labute approximate surface area is 265 Å². The van der Waals surface area contributed by atoms with Gasteiger partial charge in [0.05, 0.1) is 7.11 Å². The first-order chi connectivity index (χ1) is 21.6. The molecule has 0 aliphatic heterocycles. The molecule has 0 aromatic heterocycles. The number of carbonyl (C=O) groups is 3. The molecule has 8 nitrogen and oxygen atoms in total. The third-order valence-corrected chi connectivity index (χ3v) is 8.56. The number of methoxy groups -OCH3 is 1. The van der Waals surface area contributed by atoms with E-state index < -0.39 is 43.8 Å². The van der Waals surface area contributed by atoms with Gasteiger partial charge in [-0.2, -0.15) is 0 Å². The van der Waals surface area contributed by atoms with Crippen LogP contribution < -0.4 is 25.8 Å². The van der Waals surface area contributed by atoms with E-state index >= 15 is 0 Å². The minimum atomic E-state index is -1.10. The van der Waals surface area contributed by atoms with E-state index in [2.05, 4.69) is 34.9 Å². The lowest BCUT2D eigenvalue weighted by molar-refractivity contribution is -0.145. The molecule has 0 heterocycles. The Morgan fingerprint density at radius 1 is 0.667 bits per heavy atom. The second-order valence-corrected chi connectivity index (χ2v) is 13.2. The summed E-state index contributed by atoms with van der Waals surface area (Å²) in [5.41, 5.74) is 0.887. The molecule has 45 heavy (non-hydrogen) atoms. The molecule has 2 amide bonds. The Balaban J connectivity index is 1.48. The average Bonchev–Trinajstić information content (AvgIpc) is 3.03. The Bertz CT molecular complexity index is 1490. The molecule has 0 fully saturated rings. The van der Waals surface area contributed by atoms with Crippen LogP contribution in [-0.2, 0) is 31.9 Å². The molecule has 9 heteroatoms. The minimum absolute atomic E-state index is 0.176. The lowest BCUT2D eigenvalue weighted by atomic mass is 10.0. The predicted octanol–water partition coefficient (Wildman–Crippen LogP) is 5.45. The van der Waals surface area contributed by atoms with Gasteiger partial charge in [0.15, 0.2) is 8.15 Å². The molecule has 4 aromatic carbocycles. The normalized spacial score (nSPS) is 12.5. The molecule has 0 spiro atoms. The van der Waals surface area contributed by atoms with Gasteiger partial charge < -0.3 is 24.6 Å². The van der Waals surface area contributed by atoms with Crippen molar-refractivity contribution in [3.05, 3.63) is 126 Å². The van der Waals surface area contributed by atoms with Gasteiger partial charge in [0, 0.05) is 23.5 Å². The molecule has 4 aromatic rings. The highest BCUT2D eigenvalue weighted by atomic mass is 31.1. The fraction of sp³-hybridized carbons (Fsp3) is 0.250. The second-order valence-electron chi connectivity index (χ2n) is 11.4. The van der Waals surface area contributed by atoms with E-state index in [9.17, 15) is 14.4 Å². The molecule has 2 atom stereocenters. The lowest BCUT2D eigenvalue weighted by Gasteiger charge is -2.25. The summed E-state index contributed by atoms with van der Waals surface area (Å²) in [7, 11) is 0.173.